The monoisotopic (exact) mass is 613 g/mol. The van der Waals surface area contributed by atoms with Crippen molar-refractivity contribution in [2.24, 2.45) is 0 Å². The molecule has 0 radical (unpaired) electrons. The van der Waals surface area contributed by atoms with E-state index < -0.39 is 28.5 Å². The average Bonchev–Trinajstić information content (AvgIpc) is 2.97. The number of rotatable bonds is 14. The number of amides is 2. The lowest BCUT2D eigenvalue weighted by Crippen LogP contribution is -2.52. The number of hydrogen-bond donors (Lipinski definition) is 1. The highest BCUT2D eigenvalue weighted by Gasteiger charge is 2.34. The van der Waals surface area contributed by atoms with Gasteiger partial charge in [-0.05, 0) is 62.6 Å². The molecule has 3 aromatic rings. The molecular weight excluding hydrogens is 574 g/mol. The van der Waals surface area contributed by atoms with Crippen molar-refractivity contribution in [3.05, 3.63) is 88.4 Å². The Morgan fingerprint density at radius 2 is 1.57 bits per heavy atom. The zero-order valence-electron chi connectivity index (χ0n) is 24.9. The van der Waals surface area contributed by atoms with E-state index in [9.17, 15) is 18.0 Å². The number of unbranched alkanes of at least 4 members (excludes halogenated alkanes) is 1. The first-order valence-corrected chi connectivity index (χ1v) is 15.9. The molecule has 8 nitrogen and oxygen atoms in total. The number of anilines is 1. The van der Waals surface area contributed by atoms with Crippen LogP contribution in [0.4, 0.5) is 5.69 Å². The Labute approximate surface area is 254 Å². The predicted molar refractivity (Wildman–Crippen MR) is 167 cm³/mol. The quantitative estimate of drug-likeness (QED) is 0.229. The van der Waals surface area contributed by atoms with Crippen LogP contribution >= 0.6 is 11.6 Å². The Balaban J connectivity index is 2.10. The highest BCUT2D eigenvalue weighted by molar-refractivity contribution is 7.92. The summed E-state index contributed by atoms with van der Waals surface area (Å²) in [5.41, 5.74) is 2.89. The maximum atomic E-state index is 14.2. The summed E-state index contributed by atoms with van der Waals surface area (Å²) < 4.78 is 34.7. The summed E-state index contributed by atoms with van der Waals surface area (Å²) >= 11 is 6.30. The molecule has 2 amide bonds. The smallest absolute Gasteiger partial charge is 0.264 e. The number of ether oxygens (including phenoxy) is 1. The number of benzene rings is 3. The van der Waals surface area contributed by atoms with Crippen LogP contribution in [0.2, 0.25) is 5.02 Å². The third kappa shape index (κ3) is 8.26. The molecule has 1 atom stereocenters. The lowest BCUT2D eigenvalue weighted by molar-refractivity contribution is -0.140. The van der Waals surface area contributed by atoms with Gasteiger partial charge < -0.3 is 15.0 Å². The summed E-state index contributed by atoms with van der Waals surface area (Å²) in [6.07, 6.45) is 2.07. The average molecular weight is 614 g/mol. The Morgan fingerprint density at radius 3 is 2.14 bits per heavy atom. The van der Waals surface area contributed by atoms with Gasteiger partial charge in [0, 0.05) is 18.1 Å². The van der Waals surface area contributed by atoms with Gasteiger partial charge in [-0.2, -0.15) is 0 Å². The van der Waals surface area contributed by atoms with Crippen LogP contribution in [-0.2, 0) is 26.2 Å². The van der Waals surface area contributed by atoms with Crippen LogP contribution in [0.5, 0.6) is 5.75 Å². The molecule has 0 saturated heterocycles. The van der Waals surface area contributed by atoms with Crippen LogP contribution in [0, 0.1) is 13.8 Å². The second-order valence-electron chi connectivity index (χ2n) is 10.2. The van der Waals surface area contributed by atoms with E-state index in [0.717, 1.165) is 33.8 Å². The number of methoxy groups -OCH3 is 1. The maximum absolute atomic E-state index is 14.2. The third-order valence-corrected chi connectivity index (χ3v) is 9.00. The van der Waals surface area contributed by atoms with Crippen molar-refractivity contribution in [2.45, 2.75) is 64.4 Å². The van der Waals surface area contributed by atoms with E-state index >= 15 is 0 Å². The topological polar surface area (TPSA) is 96.0 Å². The normalized spacial score (nSPS) is 12.0. The number of hydrogen-bond acceptors (Lipinski definition) is 5. The molecule has 1 N–H and O–H groups in total. The highest BCUT2D eigenvalue weighted by Crippen LogP contribution is 2.35. The first kappa shape index (κ1) is 32.9. The molecule has 0 bridgehead atoms. The van der Waals surface area contributed by atoms with Crippen LogP contribution in [0.15, 0.2) is 71.6 Å². The van der Waals surface area contributed by atoms with Crippen LogP contribution < -0.4 is 14.4 Å². The number of aryl methyl sites for hydroxylation is 2. The number of carbonyl (C=O) groups excluding carboxylic acids is 2. The van der Waals surface area contributed by atoms with Crippen molar-refractivity contribution in [3.63, 3.8) is 0 Å². The van der Waals surface area contributed by atoms with E-state index in [-0.39, 0.29) is 33.8 Å². The predicted octanol–water partition coefficient (Wildman–Crippen LogP) is 5.88. The van der Waals surface area contributed by atoms with Crippen LogP contribution in [0.1, 0.15) is 49.8 Å². The summed E-state index contributed by atoms with van der Waals surface area (Å²) in [6.45, 7) is 7.74. The molecule has 0 aliphatic heterocycles. The standard InChI is InChI=1S/C32H40ClN3O5S/c1-6-8-19-34-32(38)28(7-2)35(21-25-13-9-23(3)10-14-25)31(37)22-36(29-20-26(33)15-18-30(29)41-5)42(39,40)27-16-11-24(4)12-17-27/h9-18,20,28H,6-8,19,21-22H2,1-5H3,(H,34,38)/t28-/m0/s1. The van der Waals surface area contributed by atoms with Gasteiger partial charge in [0.25, 0.3) is 10.0 Å². The largest absolute Gasteiger partial charge is 0.495 e. The minimum Gasteiger partial charge on any atom is -0.495 e. The molecule has 0 aliphatic rings. The molecule has 0 heterocycles. The highest BCUT2D eigenvalue weighted by atomic mass is 35.5. The van der Waals surface area contributed by atoms with E-state index in [2.05, 4.69) is 5.32 Å². The van der Waals surface area contributed by atoms with Crippen molar-refractivity contribution in [1.82, 2.24) is 10.2 Å². The van der Waals surface area contributed by atoms with Crippen LogP contribution in [-0.4, -0.2) is 51.4 Å². The van der Waals surface area contributed by atoms with Crippen molar-refractivity contribution in [3.8, 4) is 5.75 Å². The molecular formula is C32H40ClN3O5S. The lowest BCUT2D eigenvalue weighted by atomic mass is 10.1. The SMILES string of the molecule is CCCCNC(=O)[C@H](CC)N(Cc1ccc(C)cc1)C(=O)CN(c1cc(Cl)ccc1OC)S(=O)(=O)c1ccc(C)cc1. The molecule has 0 aromatic heterocycles. The summed E-state index contributed by atoms with van der Waals surface area (Å²) in [5.74, 6) is -0.581. The fraction of sp³-hybridized carbons (Fsp3) is 0.375. The van der Waals surface area contributed by atoms with Crippen molar-refractivity contribution in [2.75, 3.05) is 24.5 Å². The van der Waals surface area contributed by atoms with E-state index in [4.69, 9.17) is 16.3 Å². The minimum absolute atomic E-state index is 0.0114. The van der Waals surface area contributed by atoms with E-state index in [0.29, 0.717) is 13.0 Å². The molecule has 0 fully saturated rings. The van der Waals surface area contributed by atoms with E-state index in [1.54, 1.807) is 24.3 Å². The number of nitrogens with one attached hydrogen (secondary N) is 1. The first-order chi connectivity index (χ1) is 20.0. The van der Waals surface area contributed by atoms with Crippen molar-refractivity contribution in [1.29, 1.82) is 0 Å². The Kier molecular flexibility index (Phi) is 11.8. The molecule has 0 saturated carbocycles. The Bertz CT molecular complexity index is 1460. The van der Waals surface area contributed by atoms with Gasteiger partial charge in [-0.3, -0.25) is 13.9 Å². The lowest BCUT2D eigenvalue weighted by Gasteiger charge is -2.33. The second-order valence-corrected chi connectivity index (χ2v) is 12.5. The minimum atomic E-state index is -4.25. The van der Waals surface area contributed by atoms with Gasteiger partial charge >= 0.3 is 0 Å². The van der Waals surface area contributed by atoms with Crippen LogP contribution in [0.3, 0.4) is 0 Å². The first-order valence-electron chi connectivity index (χ1n) is 14.1. The summed E-state index contributed by atoms with van der Waals surface area (Å²) in [6, 6.07) is 17.9. The summed E-state index contributed by atoms with van der Waals surface area (Å²) in [5, 5.41) is 3.21. The van der Waals surface area contributed by atoms with Gasteiger partial charge in [-0.15, -0.1) is 0 Å². The number of carbonyl (C=O) groups is 2. The molecule has 42 heavy (non-hydrogen) atoms. The van der Waals surface area contributed by atoms with Gasteiger partial charge in [-0.25, -0.2) is 8.42 Å². The zero-order valence-corrected chi connectivity index (χ0v) is 26.5. The number of sulfonamides is 1. The molecule has 3 aromatic carbocycles. The zero-order chi connectivity index (χ0) is 30.9. The Morgan fingerprint density at radius 1 is 0.952 bits per heavy atom. The summed E-state index contributed by atoms with van der Waals surface area (Å²) in [7, 11) is -2.83. The number of nitrogens with zero attached hydrogens (tertiary/aromatic N) is 2. The van der Waals surface area contributed by atoms with E-state index in [1.807, 2.05) is 52.0 Å². The maximum Gasteiger partial charge on any atom is 0.264 e. The molecule has 0 unspecified atom stereocenters. The molecule has 3 rings (SSSR count). The second kappa shape index (κ2) is 15.1. The molecule has 10 heteroatoms. The fourth-order valence-electron chi connectivity index (χ4n) is 4.52. The van der Waals surface area contributed by atoms with Crippen LogP contribution in [0.25, 0.3) is 0 Å². The van der Waals surface area contributed by atoms with Gasteiger partial charge in [0.1, 0.15) is 18.3 Å². The van der Waals surface area contributed by atoms with Gasteiger partial charge in [0.05, 0.1) is 17.7 Å². The molecule has 0 aliphatic carbocycles. The number of halogens is 1. The van der Waals surface area contributed by atoms with E-state index in [1.165, 1.54) is 30.2 Å². The van der Waals surface area contributed by atoms with Crippen molar-refractivity contribution >= 4 is 39.1 Å². The molecule has 0 spiro atoms. The Hall–Kier alpha value is -3.56. The van der Waals surface area contributed by atoms with Gasteiger partial charge in [0.15, 0.2) is 0 Å². The fourth-order valence-corrected chi connectivity index (χ4v) is 6.11. The molecule has 226 valence electrons. The third-order valence-electron chi connectivity index (χ3n) is 6.99. The van der Waals surface area contributed by atoms with Crippen molar-refractivity contribution < 1.29 is 22.7 Å². The van der Waals surface area contributed by atoms with Gasteiger partial charge in [-0.1, -0.05) is 79.4 Å². The summed E-state index contributed by atoms with van der Waals surface area (Å²) in [4.78, 5) is 29.0. The van der Waals surface area contributed by atoms with Gasteiger partial charge in [0.2, 0.25) is 11.8 Å².